The summed E-state index contributed by atoms with van der Waals surface area (Å²) < 4.78 is 0. The van der Waals surface area contributed by atoms with Crippen molar-refractivity contribution in [1.29, 1.82) is 0 Å². The van der Waals surface area contributed by atoms with Crippen molar-refractivity contribution < 1.29 is 5.11 Å². The summed E-state index contributed by atoms with van der Waals surface area (Å²) in [6.07, 6.45) is 5.06. The molecule has 0 aromatic carbocycles. The number of nitrogens with zero attached hydrogens (tertiary/aromatic N) is 2. The Balaban J connectivity index is 1.96. The summed E-state index contributed by atoms with van der Waals surface area (Å²) in [7, 11) is 0. The Kier molecular flexibility index (Phi) is 4.06. The number of nitrogens with one attached hydrogen (secondary N) is 1. The molecule has 2 aromatic rings. The zero-order chi connectivity index (χ0) is 13.0. The zero-order valence-corrected chi connectivity index (χ0v) is 11.3. The van der Waals surface area contributed by atoms with Gasteiger partial charge in [-0.15, -0.1) is 11.3 Å². The van der Waals surface area contributed by atoms with E-state index in [9.17, 15) is 5.11 Å². The van der Waals surface area contributed by atoms with Crippen LogP contribution in [0.5, 0.6) is 0 Å². The second kappa shape index (κ2) is 5.56. The third-order valence-corrected chi connectivity index (χ3v) is 3.95. The predicted molar refractivity (Wildman–Crippen MR) is 72.3 cm³/mol. The lowest BCUT2D eigenvalue weighted by Crippen LogP contribution is -2.36. The number of aliphatic hydroxyl groups is 1. The fourth-order valence-electron chi connectivity index (χ4n) is 1.66. The molecule has 0 saturated carbocycles. The summed E-state index contributed by atoms with van der Waals surface area (Å²) >= 11 is 1.56. The summed E-state index contributed by atoms with van der Waals surface area (Å²) in [6.45, 7) is 4.30. The molecule has 96 valence electrons. The second-order valence-electron chi connectivity index (χ2n) is 4.48. The van der Waals surface area contributed by atoms with Crippen LogP contribution in [0.15, 0.2) is 36.1 Å². The van der Waals surface area contributed by atoms with Gasteiger partial charge in [0.2, 0.25) is 0 Å². The summed E-state index contributed by atoms with van der Waals surface area (Å²) in [6, 6.07) is 3.95. The molecule has 0 aliphatic heterocycles. The molecule has 2 unspecified atom stereocenters. The van der Waals surface area contributed by atoms with Crippen LogP contribution in [0.4, 0.5) is 0 Å². The van der Waals surface area contributed by atoms with Crippen LogP contribution in [0, 0.1) is 0 Å². The maximum atomic E-state index is 10.4. The van der Waals surface area contributed by atoms with Crippen molar-refractivity contribution in [2.75, 3.05) is 6.54 Å². The molecule has 2 N–H and O–H groups in total. The van der Waals surface area contributed by atoms with E-state index < -0.39 is 5.60 Å². The standard InChI is InChI=1S/C13H17N3OS/c1-10(11-8-14-5-6-15-11)16-9-13(2,17)12-4-3-7-18-12/h3-8,10,16-17H,9H2,1-2H3. The van der Waals surface area contributed by atoms with E-state index in [0.717, 1.165) is 10.6 Å². The van der Waals surface area contributed by atoms with Crippen LogP contribution in [-0.4, -0.2) is 21.6 Å². The SMILES string of the molecule is CC(NCC(C)(O)c1cccs1)c1cnccn1. The van der Waals surface area contributed by atoms with Gasteiger partial charge < -0.3 is 10.4 Å². The Morgan fingerprint density at radius 1 is 1.50 bits per heavy atom. The highest BCUT2D eigenvalue weighted by atomic mass is 32.1. The lowest BCUT2D eigenvalue weighted by molar-refractivity contribution is 0.0579. The molecule has 18 heavy (non-hydrogen) atoms. The summed E-state index contributed by atoms with van der Waals surface area (Å²) in [5, 5.41) is 15.6. The van der Waals surface area contributed by atoms with Gasteiger partial charge >= 0.3 is 0 Å². The van der Waals surface area contributed by atoms with Gasteiger partial charge in [0.25, 0.3) is 0 Å². The highest BCUT2D eigenvalue weighted by molar-refractivity contribution is 7.10. The first kappa shape index (κ1) is 13.1. The van der Waals surface area contributed by atoms with Gasteiger partial charge in [-0.3, -0.25) is 9.97 Å². The van der Waals surface area contributed by atoms with E-state index in [1.807, 2.05) is 31.4 Å². The molecule has 2 aromatic heterocycles. The smallest absolute Gasteiger partial charge is 0.108 e. The van der Waals surface area contributed by atoms with Gasteiger partial charge in [0.05, 0.1) is 5.69 Å². The first-order chi connectivity index (χ1) is 8.59. The summed E-state index contributed by atoms with van der Waals surface area (Å²) in [5.41, 5.74) is 0.0180. The van der Waals surface area contributed by atoms with Gasteiger partial charge in [-0.2, -0.15) is 0 Å². The largest absolute Gasteiger partial charge is 0.383 e. The van der Waals surface area contributed by atoms with E-state index in [2.05, 4.69) is 15.3 Å². The minimum atomic E-state index is -0.857. The molecule has 0 spiro atoms. The van der Waals surface area contributed by atoms with Crippen LogP contribution in [0.25, 0.3) is 0 Å². The van der Waals surface area contributed by atoms with Crippen LogP contribution in [-0.2, 0) is 5.60 Å². The van der Waals surface area contributed by atoms with Gasteiger partial charge in [0.15, 0.2) is 0 Å². The maximum Gasteiger partial charge on any atom is 0.108 e. The Labute approximate surface area is 111 Å². The molecular weight excluding hydrogens is 246 g/mol. The number of hydrogen-bond acceptors (Lipinski definition) is 5. The lowest BCUT2D eigenvalue weighted by atomic mass is 10.0. The van der Waals surface area contributed by atoms with E-state index in [-0.39, 0.29) is 6.04 Å². The minimum absolute atomic E-state index is 0.0603. The molecule has 5 heteroatoms. The molecule has 0 bridgehead atoms. The Hall–Kier alpha value is -1.30. The molecule has 0 fully saturated rings. The van der Waals surface area contributed by atoms with Crippen molar-refractivity contribution in [3.05, 3.63) is 46.7 Å². The molecule has 2 atom stereocenters. The molecule has 2 rings (SSSR count). The predicted octanol–water partition coefficient (Wildman–Crippen LogP) is 2.10. The van der Waals surface area contributed by atoms with Gasteiger partial charge in [-0.25, -0.2) is 0 Å². The van der Waals surface area contributed by atoms with Crippen molar-refractivity contribution >= 4 is 11.3 Å². The number of hydrogen-bond donors (Lipinski definition) is 2. The van der Waals surface area contributed by atoms with Gasteiger partial charge in [-0.1, -0.05) is 6.07 Å². The van der Waals surface area contributed by atoms with Gasteiger partial charge in [0.1, 0.15) is 5.60 Å². The Bertz CT molecular complexity index is 470. The van der Waals surface area contributed by atoms with E-state index in [1.165, 1.54) is 0 Å². The molecule has 0 aliphatic rings. The van der Waals surface area contributed by atoms with Gasteiger partial charge in [-0.05, 0) is 25.3 Å². The average molecular weight is 263 g/mol. The fourth-order valence-corrected chi connectivity index (χ4v) is 2.45. The van der Waals surface area contributed by atoms with Gasteiger partial charge in [0, 0.05) is 36.1 Å². The first-order valence-electron chi connectivity index (χ1n) is 5.85. The van der Waals surface area contributed by atoms with Crippen LogP contribution in [0.2, 0.25) is 0 Å². The molecular formula is C13H17N3OS. The van der Waals surface area contributed by atoms with Crippen molar-refractivity contribution in [1.82, 2.24) is 15.3 Å². The quantitative estimate of drug-likeness (QED) is 0.867. The van der Waals surface area contributed by atoms with Crippen molar-refractivity contribution in [3.8, 4) is 0 Å². The second-order valence-corrected chi connectivity index (χ2v) is 5.43. The third-order valence-electron chi connectivity index (χ3n) is 2.83. The van der Waals surface area contributed by atoms with E-state index in [0.29, 0.717) is 6.54 Å². The molecule has 2 heterocycles. The monoisotopic (exact) mass is 263 g/mol. The summed E-state index contributed by atoms with van der Waals surface area (Å²) in [5.74, 6) is 0. The lowest BCUT2D eigenvalue weighted by Gasteiger charge is -2.24. The fraction of sp³-hybridized carbons (Fsp3) is 0.385. The molecule has 0 aliphatic carbocycles. The van der Waals surface area contributed by atoms with Crippen LogP contribution in [0.3, 0.4) is 0 Å². The highest BCUT2D eigenvalue weighted by Gasteiger charge is 2.24. The van der Waals surface area contributed by atoms with E-state index in [4.69, 9.17) is 0 Å². The van der Waals surface area contributed by atoms with Crippen LogP contribution < -0.4 is 5.32 Å². The molecule has 0 saturated heterocycles. The number of thiophene rings is 1. The Morgan fingerprint density at radius 3 is 2.94 bits per heavy atom. The zero-order valence-electron chi connectivity index (χ0n) is 10.5. The van der Waals surface area contributed by atoms with E-state index in [1.54, 1.807) is 29.9 Å². The normalized spacial score (nSPS) is 16.2. The average Bonchev–Trinajstić information content (AvgIpc) is 2.92. The maximum absolute atomic E-state index is 10.4. The van der Waals surface area contributed by atoms with Crippen LogP contribution in [0.1, 0.15) is 30.5 Å². The summed E-state index contributed by atoms with van der Waals surface area (Å²) in [4.78, 5) is 9.23. The molecule has 0 radical (unpaired) electrons. The third kappa shape index (κ3) is 3.13. The molecule has 0 amide bonds. The molecule has 4 nitrogen and oxygen atoms in total. The minimum Gasteiger partial charge on any atom is -0.383 e. The van der Waals surface area contributed by atoms with E-state index >= 15 is 0 Å². The van der Waals surface area contributed by atoms with Crippen LogP contribution >= 0.6 is 11.3 Å². The Morgan fingerprint density at radius 2 is 2.33 bits per heavy atom. The van der Waals surface area contributed by atoms with Crippen molar-refractivity contribution in [3.63, 3.8) is 0 Å². The number of rotatable bonds is 5. The van der Waals surface area contributed by atoms with Crippen molar-refractivity contribution in [2.45, 2.75) is 25.5 Å². The highest BCUT2D eigenvalue weighted by Crippen LogP contribution is 2.25. The van der Waals surface area contributed by atoms with Crippen molar-refractivity contribution in [2.24, 2.45) is 0 Å². The topological polar surface area (TPSA) is 58.0 Å². The first-order valence-corrected chi connectivity index (χ1v) is 6.73. The number of aromatic nitrogens is 2.